The molecule has 5 nitrogen and oxygen atoms in total. The normalized spacial score (nSPS) is 10.6. The van der Waals surface area contributed by atoms with Gasteiger partial charge in [-0.05, 0) is 31.3 Å². The van der Waals surface area contributed by atoms with Crippen molar-refractivity contribution >= 4 is 23.4 Å². The Morgan fingerprint density at radius 3 is 2.43 bits per heavy atom. The molecule has 0 fully saturated rings. The first kappa shape index (κ1) is 18.0. The number of methoxy groups -OCH3 is 1. The van der Waals surface area contributed by atoms with Crippen molar-refractivity contribution in [2.75, 3.05) is 42.8 Å². The maximum atomic E-state index is 5.13. The van der Waals surface area contributed by atoms with Gasteiger partial charge in [0.2, 0.25) is 0 Å². The standard InChI is InChI=1S/C15H28N4OS/c1-4-8-16-13-11-14(19-15(18-13)12-20-2)17-9-6-5-7-10-21-3/h11H,4-10,12H2,1-3H3,(H2,16,17,18,19). The average Bonchev–Trinajstić information content (AvgIpc) is 2.49. The predicted molar refractivity (Wildman–Crippen MR) is 92.2 cm³/mol. The van der Waals surface area contributed by atoms with E-state index in [1.807, 2.05) is 17.8 Å². The van der Waals surface area contributed by atoms with Crippen LogP contribution in [-0.2, 0) is 11.3 Å². The molecule has 1 aromatic heterocycles. The van der Waals surface area contributed by atoms with E-state index >= 15 is 0 Å². The Kier molecular flexibility index (Phi) is 9.99. The van der Waals surface area contributed by atoms with Gasteiger partial charge >= 0.3 is 0 Å². The molecule has 0 spiro atoms. The highest BCUT2D eigenvalue weighted by atomic mass is 32.2. The van der Waals surface area contributed by atoms with Crippen molar-refractivity contribution in [3.63, 3.8) is 0 Å². The summed E-state index contributed by atoms with van der Waals surface area (Å²) in [7, 11) is 1.66. The van der Waals surface area contributed by atoms with Crippen LogP contribution in [0.5, 0.6) is 0 Å². The van der Waals surface area contributed by atoms with Gasteiger partial charge < -0.3 is 15.4 Å². The monoisotopic (exact) mass is 312 g/mol. The second kappa shape index (κ2) is 11.6. The van der Waals surface area contributed by atoms with Crippen LogP contribution in [0, 0.1) is 0 Å². The summed E-state index contributed by atoms with van der Waals surface area (Å²) in [5.41, 5.74) is 0. The maximum Gasteiger partial charge on any atom is 0.158 e. The summed E-state index contributed by atoms with van der Waals surface area (Å²) in [5, 5.41) is 6.69. The molecule has 120 valence electrons. The van der Waals surface area contributed by atoms with E-state index in [2.05, 4.69) is 33.8 Å². The van der Waals surface area contributed by atoms with Crippen LogP contribution in [0.4, 0.5) is 11.6 Å². The number of ether oxygens (including phenoxy) is 1. The van der Waals surface area contributed by atoms with Gasteiger partial charge in [-0.2, -0.15) is 11.8 Å². The van der Waals surface area contributed by atoms with Crippen LogP contribution in [0.25, 0.3) is 0 Å². The molecule has 0 saturated carbocycles. The number of thioether (sulfide) groups is 1. The summed E-state index contributed by atoms with van der Waals surface area (Å²) in [4.78, 5) is 8.91. The van der Waals surface area contributed by atoms with Crippen molar-refractivity contribution in [3.8, 4) is 0 Å². The van der Waals surface area contributed by atoms with Crippen LogP contribution >= 0.6 is 11.8 Å². The van der Waals surface area contributed by atoms with Gasteiger partial charge in [-0.3, -0.25) is 0 Å². The van der Waals surface area contributed by atoms with Crippen molar-refractivity contribution in [2.24, 2.45) is 0 Å². The lowest BCUT2D eigenvalue weighted by molar-refractivity contribution is 0.178. The van der Waals surface area contributed by atoms with Crippen molar-refractivity contribution in [1.82, 2.24) is 9.97 Å². The summed E-state index contributed by atoms with van der Waals surface area (Å²) in [6.45, 7) is 4.44. The van der Waals surface area contributed by atoms with Gasteiger partial charge in [0.1, 0.15) is 18.2 Å². The molecule has 0 aliphatic rings. The molecule has 0 saturated heterocycles. The van der Waals surface area contributed by atoms with Crippen molar-refractivity contribution in [1.29, 1.82) is 0 Å². The molecule has 0 aromatic carbocycles. The molecule has 2 N–H and O–H groups in total. The van der Waals surface area contributed by atoms with Crippen LogP contribution in [-0.4, -0.2) is 42.2 Å². The number of hydrogen-bond acceptors (Lipinski definition) is 6. The second-order valence-electron chi connectivity index (χ2n) is 4.89. The molecule has 0 bridgehead atoms. The Bertz CT molecular complexity index is 390. The zero-order chi connectivity index (χ0) is 15.3. The lowest BCUT2D eigenvalue weighted by atomic mass is 10.2. The SMILES string of the molecule is CCCNc1cc(NCCCCCSC)nc(COC)n1. The Morgan fingerprint density at radius 2 is 1.81 bits per heavy atom. The summed E-state index contributed by atoms with van der Waals surface area (Å²) >= 11 is 1.91. The number of rotatable bonds is 12. The van der Waals surface area contributed by atoms with E-state index < -0.39 is 0 Å². The number of hydrogen-bond donors (Lipinski definition) is 2. The van der Waals surface area contributed by atoms with Gasteiger partial charge in [0, 0.05) is 26.3 Å². The first-order chi connectivity index (χ1) is 10.3. The van der Waals surface area contributed by atoms with Gasteiger partial charge in [0.25, 0.3) is 0 Å². The van der Waals surface area contributed by atoms with E-state index in [0.717, 1.165) is 31.1 Å². The molecule has 1 aromatic rings. The van der Waals surface area contributed by atoms with Gasteiger partial charge in [0.05, 0.1) is 0 Å². The Morgan fingerprint density at radius 1 is 1.10 bits per heavy atom. The van der Waals surface area contributed by atoms with Crippen molar-refractivity contribution in [2.45, 2.75) is 39.2 Å². The number of aromatic nitrogens is 2. The fourth-order valence-corrected chi connectivity index (χ4v) is 2.38. The Labute approximate surface area is 132 Å². The van der Waals surface area contributed by atoms with Crippen LogP contribution in [0.15, 0.2) is 6.07 Å². The van der Waals surface area contributed by atoms with E-state index in [1.165, 1.54) is 25.0 Å². The van der Waals surface area contributed by atoms with E-state index in [9.17, 15) is 0 Å². The quantitative estimate of drug-likeness (QED) is 0.577. The summed E-state index contributed by atoms with van der Waals surface area (Å²) < 4.78 is 5.13. The number of nitrogens with zero attached hydrogens (tertiary/aromatic N) is 2. The highest BCUT2D eigenvalue weighted by molar-refractivity contribution is 7.98. The molecule has 6 heteroatoms. The minimum Gasteiger partial charge on any atom is -0.377 e. The van der Waals surface area contributed by atoms with Gasteiger partial charge in [-0.25, -0.2) is 9.97 Å². The minimum absolute atomic E-state index is 0.435. The molecule has 21 heavy (non-hydrogen) atoms. The first-order valence-corrected chi connectivity index (χ1v) is 9.03. The molecule has 0 atom stereocenters. The molecular formula is C15H28N4OS. The van der Waals surface area contributed by atoms with Crippen LogP contribution in [0.3, 0.4) is 0 Å². The molecule has 0 amide bonds. The van der Waals surface area contributed by atoms with Gasteiger partial charge in [-0.1, -0.05) is 13.3 Å². The van der Waals surface area contributed by atoms with Crippen LogP contribution in [0.2, 0.25) is 0 Å². The fraction of sp³-hybridized carbons (Fsp3) is 0.733. The van der Waals surface area contributed by atoms with E-state index in [-0.39, 0.29) is 0 Å². The number of unbranched alkanes of at least 4 members (excludes halogenated alkanes) is 2. The third-order valence-electron chi connectivity index (χ3n) is 2.93. The molecular weight excluding hydrogens is 284 g/mol. The smallest absolute Gasteiger partial charge is 0.158 e. The second-order valence-corrected chi connectivity index (χ2v) is 5.88. The van der Waals surface area contributed by atoms with Crippen molar-refractivity contribution in [3.05, 3.63) is 11.9 Å². The lowest BCUT2D eigenvalue weighted by Crippen LogP contribution is -2.10. The lowest BCUT2D eigenvalue weighted by Gasteiger charge is -2.11. The fourth-order valence-electron chi connectivity index (χ4n) is 1.89. The molecule has 0 unspecified atom stereocenters. The van der Waals surface area contributed by atoms with Gasteiger partial charge in [-0.15, -0.1) is 0 Å². The molecule has 1 rings (SSSR count). The summed E-state index contributed by atoms with van der Waals surface area (Å²) in [6.07, 6.45) is 6.93. The summed E-state index contributed by atoms with van der Waals surface area (Å²) in [5.74, 6) is 3.70. The van der Waals surface area contributed by atoms with Crippen LogP contribution < -0.4 is 10.6 Å². The zero-order valence-corrected chi connectivity index (χ0v) is 14.3. The first-order valence-electron chi connectivity index (χ1n) is 7.63. The van der Waals surface area contributed by atoms with Gasteiger partial charge in [0.15, 0.2) is 5.82 Å². The Hall–Kier alpha value is -1.01. The molecule has 0 aliphatic carbocycles. The van der Waals surface area contributed by atoms with E-state index in [0.29, 0.717) is 12.4 Å². The zero-order valence-electron chi connectivity index (χ0n) is 13.4. The number of nitrogens with one attached hydrogen (secondary N) is 2. The largest absolute Gasteiger partial charge is 0.377 e. The van der Waals surface area contributed by atoms with E-state index in [4.69, 9.17) is 4.74 Å². The third-order valence-corrected chi connectivity index (χ3v) is 3.63. The average molecular weight is 312 g/mol. The van der Waals surface area contributed by atoms with Crippen molar-refractivity contribution < 1.29 is 4.74 Å². The maximum absolute atomic E-state index is 5.13. The molecule has 0 aliphatic heterocycles. The van der Waals surface area contributed by atoms with E-state index in [1.54, 1.807) is 7.11 Å². The number of anilines is 2. The highest BCUT2D eigenvalue weighted by Crippen LogP contribution is 2.12. The topological polar surface area (TPSA) is 59.1 Å². The third kappa shape index (κ3) is 8.12. The Balaban J connectivity index is 2.48. The molecule has 0 radical (unpaired) electrons. The summed E-state index contributed by atoms with van der Waals surface area (Å²) in [6, 6.07) is 1.97. The van der Waals surface area contributed by atoms with Crippen LogP contribution in [0.1, 0.15) is 38.4 Å². The predicted octanol–water partition coefficient (Wildman–Crippen LogP) is 3.39. The highest BCUT2D eigenvalue weighted by Gasteiger charge is 2.04. The minimum atomic E-state index is 0.435. The molecule has 1 heterocycles.